The third-order valence-electron chi connectivity index (χ3n) is 4.07. The zero-order chi connectivity index (χ0) is 13.2. The summed E-state index contributed by atoms with van der Waals surface area (Å²) in [5, 5.41) is 4.44. The Morgan fingerprint density at radius 3 is 2.63 bits per heavy atom. The van der Waals surface area contributed by atoms with Crippen molar-refractivity contribution >= 4 is 16.5 Å². The summed E-state index contributed by atoms with van der Waals surface area (Å²) < 4.78 is 0. The van der Waals surface area contributed by atoms with Gasteiger partial charge in [-0.25, -0.2) is 4.98 Å². The molecule has 0 radical (unpaired) electrons. The number of anilines is 1. The fourth-order valence-corrected chi connectivity index (χ4v) is 3.78. The van der Waals surface area contributed by atoms with E-state index in [0.29, 0.717) is 0 Å². The van der Waals surface area contributed by atoms with E-state index in [-0.39, 0.29) is 0 Å². The molecule has 2 heterocycles. The van der Waals surface area contributed by atoms with E-state index in [9.17, 15) is 0 Å². The van der Waals surface area contributed by atoms with Gasteiger partial charge >= 0.3 is 0 Å². The van der Waals surface area contributed by atoms with Crippen LogP contribution in [0.1, 0.15) is 23.4 Å². The van der Waals surface area contributed by atoms with Gasteiger partial charge in [0.2, 0.25) is 0 Å². The molecule has 0 atom stereocenters. The van der Waals surface area contributed by atoms with E-state index in [0.717, 1.165) is 25.6 Å². The van der Waals surface area contributed by atoms with Gasteiger partial charge in [-0.3, -0.25) is 4.90 Å². The minimum Gasteiger partial charge on any atom is -0.346 e. The molecule has 5 heteroatoms. The average Bonchev–Trinajstić information content (AvgIpc) is 3.15. The number of hydrogen-bond acceptors (Lipinski definition) is 5. The molecule has 1 aliphatic carbocycles. The molecule has 106 valence electrons. The lowest BCUT2D eigenvalue weighted by Crippen LogP contribution is -2.47. The summed E-state index contributed by atoms with van der Waals surface area (Å²) in [7, 11) is 2.00. The molecule has 0 amide bonds. The maximum Gasteiger partial charge on any atom is 0.185 e. The van der Waals surface area contributed by atoms with E-state index < -0.39 is 0 Å². The molecule has 0 spiro atoms. The first-order valence-electron chi connectivity index (χ1n) is 7.34. The number of thiazole rings is 1. The van der Waals surface area contributed by atoms with Crippen molar-refractivity contribution in [2.75, 3.05) is 44.7 Å². The summed E-state index contributed by atoms with van der Waals surface area (Å²) in [6.07, 6.45) is 2.92. The van der Waals surface area contributed by atoms with Gasteiger partial charge in [0.05, 0.1) is 5.69 Å². The first kappa shape index (κ1) is 13.3. The largest absolute Gasteiger partial charge is 0.346 e. The predicted octanol–water partition coefficient (Wildman–Crippen LogP) is 1.70. The molecule has 2 aliphatic rings. The number of aromatic nitrogens is 1. The van der Waals surface area contributed by atoms with Crippen LogP contribution in [0.5, 0.6) is 0 Å². The van der Waals surface area contributed by atoms with Gasteiger partial charge in [-0.15, -0.1) is 11.3 Å². The molecular formula is C14H24N4S. The van der Waals surface area contributed by atoms with Gasteiger partial charge < -0.3 is 10.2 Å². The first-order valence-corrected chi connectivity index (χ1v) is 8.16. The number of nitrogens with zero attached hydrogens (tertiary/aromatic N) is 3. The van der Waals surface area contributed by atoms with Gasteiger partial charge in [-0.05, 0) is 32.7 Å². The second kappa shape index (κ2) is 5.77. The van der Waals surface area contributed by atoms with Gasteiger partial charge in [-0.1, -0.05) is 0 Å². The van der Waals surface area contributed by atoms with Gasteiger partial charge in [-0.2, -0.15) is 0 Å². The number of piperazine rings is 1. The molecule has 0 bridgehead atoms. The van der Waals surface area contributed by atoms with Gasteiger partial charge in [0.1, 0.15) is 0 Å². The second-order valence-electron chi connectivity index (χ2n) is 5.77. The van der Waals surface area contributed by atoms with E-state index in [1.165, 1.54) is 48.2 Å². The Balaban J connectivity index is 1.56. The van der Waals surface area contributed by atoms with Crippen molar-refractivity contribution in [3.63, 3.8) is 0 Å². The van der Waals surface area contributed by atoms with Crippen molar-refractivity contribution in [2.45, 2.75) is 26.3 Å². The van der Waals surface area contributed by atoms with E-state index in [2.05, 4.69) is 22.0 Å². The molecule has 1 saturated heterocycles. The summed E-state index contributed by atoms with van der Waals surface area (Å²) in [5.74, 6) is 1.01. The highest BCUT2D eigenvalue weighted by Gasteiger charge is 2.27. The number of nitrogens with one attached hydrogen (secondary N) is 1. The van der Waals surface area contributed by atoms with E-state index in [1.54, 1.807) is 0 Å². The highest BCUT2D eigenvalue weighted by atomic mass is 32.1. The number of hydrogen-bond donors (Lipinski definition) is 1. The molecule has 1 aliphatic heterocycles. The summed E-state index contributed by atoms with van der Waals surface area (Å²) in [4.78, 5) is 11.2. The molecule has 1 aromatic heterocycles. The van der Waals surface area contributed by atoms with Gasteiger partial charge in [0.15, 0.2) is 5.13 Å². The predicted molar refractivity (Wildman–Crippen MR) is 81.0 cm³/mol. The highest BCUT2D eigenvalue weighted by Crippen LogP contribution is 2.31. The molecule has 1 saturated carbocycles. The van der Waals surface area contributed by atoms with Crippen LogP contribution >= 0.6 is 11.3 Å². The fourth-order valence-electron chi connectivity index (χ4n) is 2.66. The molecular weight excluding hydrogens is 256 g/mol. The second-order valence-corrected chi connectivity index (χ2v) is 6.83. The number of aryl methyl sites for hydroxylation is 1. The molecule has 19 heavy (non-hydrogen) atoms. The van der Waals surface area contributed by atoms with Gasteiger partial charge in [0, 0.05) is 44.1 Å². The molecule has 1 N–H and O–H groups in total. The van der Waals surface area contributed by atoms with Crippen LogP contribution < -0.4 is 10.2 Å². The lowest BCUT2D eigenvalue weighted by atomic mass is 10.3. The van der Waals surface area contributed by atoms with Crippen molar-refractivity contribution in [3.05, 3.63) is 10.6 Å². The summed E-state index contributed by atoms with van der Waals surface area (Å²) in [6, 6.07) is 0. The molecule has 0 unspecified atom stereocenters. The van der Waals surface area contributed by atoms with Crippen molar-refractivity contribution in [1.29, 1.82) is 0 Å². The van der Waals surface area contributed by atoms with Crippen molar-refractivity contribution in [2.24, 2.45) is 5.92 Å². The molecule has 2 fully saturated rings. The van der Waals surface area contributed by atoms with Crippen LogP contribution in [0.3, 0.4) is 0 Å². The Hall–Kier alpha value is -0.650. The third kappa shape index (κ3) is 3.27. The standard InChI is InChI=1S/C14H24N4S/c1-11-13(9-15-2)19-14(16-11)18-7-5-17(6-8-18)10-12-3-4-12/h12,15H,3-10H2,1-2H3. The topological polar surface area (TPSA) is 31.4 Å². The van der Waals surface area contributed by atoms with Crippen LogP contribution in [0, 0.1) is 12.8 Å². The average molecular weight is 280 g/mol. The Bertz CT molecular complexity index is 419. The smallest absolute Gasteiger partial charge is 0.185 e. The Labute approximate surface area is 119 Å². The maximum atomic E-state index is 4.74. The summed E-state index contributed by atoms with van der Waals surface area (Å²) in [5.41, 5.74) is 1.19. The van der Waals surface area contributed by atoms with Crippen molar-refractivity contribution in [3.8, 4) is 0 Å². The monoisotopic (exact) mass is 280 g/mol. The van der Waals surface area contributed by atoms with Crippen molar-refractivity contribution in [1.82, 2.24) is 15.2 Å². The van der Waals surface area contributed by atoms with Crippen LogP contribution in [0.4, 0.5) is 5.13 Å². The highest BCUT2D eigenvalue weighted by molar-refractivity contribution is 7.15. The van der Waals surface area contributed by atoms with Crippen LogP contribution in [0.15, 0.2) is 0 Å². The third-order valence-corrected chi connectivity index (χ3v) is 5.29. The van der Waals surface area contributed by atoms with Gasteiger partial charge in [0.25, 0.3) is 0 Å². The summed E-state index contributed by atoms with van der Waals surface area (Å²) in [6.45, 7) is 9.07. The Morgan fingerprint density at radius 2 is 2.00 bits per heavy atom. The first-order chi connectivity index (χ1) is 9.26. The van der Waals surface area contributed by atoms with Crippen molar-refractivity contribution < 1.29 is 0 Å². The molecule has 1 aromatic rings. The van der Waals surface area contributed by atoms with E-state index in [1.807, 2.05) is 18.4 Å². The normalized spacial score (nSPS) is 21.1. The quantitative estimate of drug-likeness (QED) is 0.889. The summed E-state index contributed by atoms with van der Waals surface area (Å²) >= 11 is 1.85. The van der Waals surface area contributed by atoms with Crippen LogP contribution in [-0.2, 0) is 6.54 Å². The zero-order valence-electron chi connectivity index (χ0n) is 12.0. The minimum atomic E-state index is 0.936. The van der Waals surface area contributed by atoms with Crippen LogP contribution in [0.25, 0.3) is 0 Å². The number of rotatable bonds is 5. The Kier molecular flexibility index (Phi) is 4.05. The lowest BCUT2D eigenvalue weighted by Gasteiger charge is -2.34. The molecule has 4 nitrogen and oxygen atoms in total. The van der Waals surface area contributed by atoms with Crippen LogP contribution in [-0.4, -0.2) is 49.7 Å². The Morgan fingerprint density at radius 1 is 1.26 bits per heavy atom. The molecule has 0 aromatic carbocycles. The minimum absolute atomic E-state index is 0.936. The SMILES string of the molecule is CNCc1sc(N2CCN(CC3CC3)CC2)nc1C. The molecule has 3 rings (SSSR count). The van der Waals surface area contributed by atoms with Crippen LogP contribution in [0.2, 0.25) is 0 Å². The fraction of sp³-hybridized carbons (Fsp3) is 0.786. The lowest BCUT2D eigenvalue weighted by molar-refractivity contribution is 0.248. The maximum absolute atomic E-state index is 4.74. The van der Waals surface area contributed by atoms with E-state index in [4.69, 9.17) is 4.98 Å². The van der Waals surface area contributed by atoms with E-state index >= 15 is 0 Å². The zero-order valence-corrected chi connectivity index (χ0v) is 12.8.